The number of fused-ring (bicyclic) bond motifs is 1. The highest BCUT2D eigenvalue weighted by atomic mass is 16.5. The first kappa shape index (κ1) is 17.5. The van der Waals surface area contributed by atoms with Crippen LogP contribution in [-0.4, -0.2) is 19.7 Å². The summed E-state index contributed by atoms with van der Waals surface area (Å²) < 4.78 is 10.5. The van der Waals surface area contributed by atoms with Crippen LogP contribution in [-0.2, 0) is 11.2 Å². The molecule has 0 atom stereocenters. The Morgan fingerprint density at radius 3 is 2.65 bits per heavy atom. The summed E-state index contributed by atoms with van der Waals surface area (Å²) in [6, 6.07) is 19.3. The number of ether oxygens (including phenoxy) is 2. The standard InChI is InChI=1S/C22H19NO3/c1-3-26-22(24)19-10-9-18(21(13-19)25-2)12-17-6-4-5-16-8-7-15(14-23)11-20(16)17/h4-11,13H,3,12H2,1-2H3. The molecule has 0 aliphatic heterocycles. The first-order valence-corrected chi connectivity index (χ1v) is 8.42. The van der Waals surface area contributed by atoms with E-state index in [-0.39, 0.29) is 5.97 Å². The fraction of sp³-hybridized carbons (Fsp3) is 0.182. The van der Waals surface area contributed by atoms with E-state index in [4.69, 9.17) is 9.47 Å². The van der Waals surface area contributed by atoms with Crippen molar-refractivity contribution in [3.05, 3.63) is 76.9 Å². The smallest absolute Gasteiger partial charge is 0.338 e. The van der Waals surface area contributed by atoms with Gasteiger partial charge in [-0.3, -0.25) is 0 Å². The van der Waals surface area contributed by atoms with Crippen LogP contribution in [0.4, 0.5) is 0 Å². The van der Waals surface area contributed by atoms with E-state index in [1.807, 2.05) is 42.5 Å². The molecule has 0 spiro atoms. The number of rotatable bonds is 5. The molecule has 0 N–H and O–H groups in total. The molecular formula is C22H19NO3. The van der Waals surface area contributed by atoms with Crippen molar-refractivity contribution >= 4 is 16.7 Å². The molecule has 26 heavy (non-hydrogen) atoms. The molecule has 0 heterocycles. The highest BCUT2D eigenvalue weighted by Crippen LogP contribution is 2.27. The van der Waals surface area contributed by atoms with Gasteiger partial charge >= 0.3 is 5.97 Å². The Bertz CT molecular complexity index is 1000. The van der Waals surface area contributed by atoms with Gasteiger partial charge in [-0.15, -0.1) is 0 Å². The zero-order valence-electron chi connectivity index (χ0n) is 14.8. The molecule has 0 aliphatic carbocycles. The van der Waals surface area contributed by atoms with Gasteiger partial charge in [-0.05, 0) is 53.1 Å². The molecule has 3 rings (SSSR count). The molecule has 0 aromatic heterocycles. The minimum Gasteiger partial charge on any atom is -0.496 e. The normalized spacial score (nSPS) is 10.3. The van der Waals surface area contributed by atoms with Crippen LogP contribution in [0.2, 0.25) is 0 Å². The number of hydrogen-bond donors (Lipinski definition) is 0. The Labute approximate surface area is 152 Å². The number of hydrogen-bond acceptors (Lipinski definition) is 4. The average molecular weight is 345 g/mol. The molecule has 3 aromatic carbocycles. The van der Waals surface area contributed by atoms with Crippen LogP contribution in [0.3, 0.4) is 0 Å². The van der Waals surface area contributed by atoms with Crippen molar-refractivity contribution in [2.45, 2.75) is 13.3 Å². The van der Waals surface area contributed by atoms with Crippen molar-refractivity contribution in [3.8, 4) is 11.8 Å². The Balaban J connectivity index is 2.00. The first-order chi connectivity index (χ1) is 12.7. The zero-order chi connectivity index (χ0) is 18.5. The summed E-state index contributed by atoms with van der Waals surface area (Å²) >= 11 is 0. The Kier molecular flexibility index (Phi) is 5.19. The molecule has 0 radical (unpaired) electrons. The first-order valence-electron chi connectivity index (χ1n) is 8.42. The van der Waals surface area contributed by atoms with E-state index in [0.29, 0.717) is 29.9 Å². The Hall–Kier alpha value is -3.32. The fourth-order valence-electron chi connectivity index (χ4n) is 3.00. The van der Waals surface area contributed by atoms with E-state index in [1.165, 1.54) is 0 Å². The second kappa shape index (κ2) is 7.71. The van der Waals surface area contributed by atoms with Gasteiger partial charge in [-0.25, -0.2) is 4.79 Å². The number of nitrogens with zero attached hydrogens (tertiary/aromatic N) is 1. The minimum absolute atomic E-state index is 0.333. The summed E-state index contributed by atoms with van der Waals surface area (Å²) in [4.78, 5) is 11.9. The largest absolute Gasteiger partial charge is 0.496 e. The number of benzene rings is 3. The lowest BCUT2D eigenvalue weighted by molar-refractivity contribution is 0.0526. The Morgan fingerprint density at radius 2 is 1.92 bits per heavy atom. The summed E-state index contributed by atoms with van der Waals surface area (Å²) in [6.07, 6.45) is 0.637. The van der Waals surface area contributed by atoms with Crippen molar-refractivity contribution in [1.29, 1.82) is 5.26 Å². The third-order valence-corrected chi connectivity index (χ3v) is 4.28. The molecule has 0 unspecified atom stereocenters. The van der Waals surface area contributed by atoms with Gasteiger partial charge in [0.1, 0.15) is 5.75 Å². The van der Waals surface area contributed by atoms with Crippen LogP contribution < -0.4 is 4.74 Å². The number of methoxy groups -OCH3 is 1. The molecule has 3 aromatic rings. The predicted octanol–water partition coefficient (Wildman–Crippen LogP) is 4.49. The molecule has 0 aliphatic rings. The second-order valence-corrected chi connectivity index (χ2v) is 5.89. The maximum Gasteiger partial charge on any atom is 0.338 e. The van der Waals surface area contributed by atoms with Crippen molar-refractivity contribution in [1.82, 2.24) is 0 Å². The molecule has 130 valence electrons. The van der Waals surface area contributed by atoms with E-state index >= 15 is 0 Å². The van der Waals surface area contributed by atoms with E-state index in [9.17, 15) is 10.1 Å². The Morgan fingerprint density at radius 1 is 1.08 bits per heavy atom. The summed E-state index contributed by atoms with van der Waals surface area (Å²) in [7, 11) is 1.59. The lowest BCUT2D eigenvalue weighted by Crippen LogP contribution is -2.05. The lowest BCUT2D eigenvalue weighted by atomic mass is 9.96. The van der Waals surface area contributed by atoms with Crippen molar-refractivity contribution in [2.75, 3.05) is 13.7 Å². The zero-order valence-corrected chi connectivity index (χ0v) is 14.8. The number of nitriles is 1. The average Bonchev–Trinajstić information content (AvgIpc) is 2.68. The SMILES string of the molecule is CCOC(=O)c1ccc(Cc2cccc3ccc(C#N)cc23)c(OC)c1. The van der Waals surface area contributed by atoms with Gasteiger partial charge in [-0.2, -0.15) is 5.26 Å². The molecule has 4 heteroatoms. The molecule has 0 fully saturated rings. The molecule has 4 nitrogen and oxygen atoms in total. The van der Waals surface area contributed by atoms with Gasteiger partial charge in [0.2, 0.25) is 0 Å². The van der Waals surface area contributed by atoms with Crippen LogP contribution in [0.25, 0.3) is 10.8 Å². The highest BCUT2D eigenvalue weighted by Gasteiger charge is 2.12. The lowest BCUT2D eigenvalue weighted by Gasteiger charge is -2.12. The highest BCUT2D eigenvalue weighted by molar-refractivity contribution is 5.90. The quantitative estimate of drug-likeness (QED) is 0.639. The summed E-state index contributed by atoms with van der Waals surface area (Å²) in [5, 5.41) is 11.3. The van der Waals surface area contributed by atoms with Crippen LogP contribution in [0, 0.1) is 11.3 Å². The summed E-state index contributed by atoms with van der Waals surface area (Å²) in [5.41, 5.74) is 3.17. The van der Waals surface area contributed by atoms with Crippen LogP contribution in [0.15, 0.2) is 54.6 Å². The summed E-state index contributed by atoms with van der Waals surface area (Å²) in [5.74, 6) is 0.283. The van der Waals surface area contributed by atoms with E-state index in [2.05, 4.69) is 6.07 Å². The summed E-state index contributed by atoms with van der Waals surface area (Å²) in [6.45, 7) is 2.11. The minimum atomic E-state index is -0.360. The molecule has 0 saturated carbocycles. The maximum absolute atomic E-state index is 11.9. The van der Waals surface area contributed by atoms with Gasteiger partial charge < -0.3 is 9.47 Å². The second-order valence-electron chi connectivity index (χ2n) is 5.89. The van der Waals surface area contributed by atoms with Crippen molar-refractivity contribution < 1.29 is 14.3 Å². The monoisotopic (exact) mass is 345 g/mol. The molecule has 0 saturated heterocycles. The maximum atomic E-state index is 11.9. The third kappa shape index (κ3) is 3.52. The topological polar surface area (TPSA) is 59.3 Å². The van der Waals surface area contributed by atoms with Crippen LogP contribution in [0.5, 0.6) is 5.75 Å². The fourth-order valence-corrected chi connectivity index (χ4v) is 3.00. The van der Waals surface area contributed by atoms with E-state index in [1.54, 1.807) is 26.2 Å². The number of carbonyl (C=O) groups is 1. The van der Waals surface area contributed by atoms with Crippen LogP contribution in [0.1, 0.15) is 34.0 Å². The van der Waals surface area contributed by atoms with Crippen molar-refractivity contribution in [3.63, 3.8) is 0 Å². The van der Waals surface area contributed by atoms with Gasteiger partial charge in [0.05, 0.1) is 30.9 Å². The third-order valence-electron chi connectivity index (χ3n) is 4.28. The predicted molar refractivity (Wildman–Crippen MR) is 100 cm³/mol. The molecular weight excluding hydrogens is 326 g/mol. The van der Waals surface area contributed by atoms with Gasteiger partial charge in [0, 0.05) is 6.42 Å². The number of carbonyl (C=O) groups excluding carboxylic acids is 1. The van der Waals surface area contributed by atoms with E-state index in [0.717, 1.165) is 21.9 Å². The molecule has 0 amide bonds. The van der Waals surface area contributed by atoms with Gasteiger partial charge in [0.25, 0.3) is 0 Å². The van der Waals surface area contributed by atoms with E-state index < -0.39 is 0 Å². The van der Waals surface area contributed by atoms with Crippen molar-refractivity contribution in [2.24, 2.45) is 0 Å². The number of esters is 1. The van der Waals surface area contributed by atoms with Gasteiger partial charge in [-0.1, -0.05) is 30.3 Å². The van der Waals surface area contributed by atoms with Gasteiger partial charge in [0.15, 0.2) is 0 Å². The van der Waals surface area contributed by atoms with Crippen LogP contribution >= 0.6 is 0 Å². The molecule has 0 bridgehead atoms.